The first-order chi connectivity index (χ1) is 10.6. The highest BCUT2D eigenvalue weighted by atomic mass is 16.5. The smallest absolute Gasteiger partial charge is 0.253 e. The second kappa shape index (κ2) is 7.67. The van der Waals surface area contributed by atoms with E-state index < -0.39 is 5.60 Å². The number of aliphatic hydroxyl groups excluding tert-OH is 1. The maximum absolute atomic E-state index is 12.3. The number of hydrogen-bond acceptors (Lipinski definition) is 5. The van der Waals surface area contributed by atoms with Gasteiger partial charge in [-0.15, -0.1) is 0 Å². The Morgan fingerprint density at radius 3 is 2.77 bits per heavy atom. The Morgan fingerprint density at radius 1 is 1.41 bits per heavy atom. The largest absolute Gasteiger partial charge is 0.394 e. The lowest BCUT2D eigenvalue weighted by Crippen LogP contribution is -2.49. The van der Waals surface area contributed by atoms with Gasteiger partial charge in [-0.3, -0.25) is 9.78 Å². The molecule has 1 fully saturated rings. The molecule has 1 aromatic rings. The number of aliphatic hydroxyl groups is 1. The Bertz CT molecular complexity index is 513. The van der Waals surface area contributed by atoms with Gasteiger partial charge in [-0.05, 0) is 26.0 Å². The van der Waals surface area contributed by atoms with Crippen LogP contribution in [0.3, 0.4) is 0 Å². The van der Waals surface area contributed by atoms with Crippen LogP contribution in [0.4, 0.5) is 0 Å². The summed E-state index contributed by atoms with van der Waals surface area (Å²) in [5.41, 5.74) is 1.73. The van der Waals surface area contributed by atoms with E-state index in [-0.39, 0.29) is 19.1 Å². The summed E-state index contributed by atoms with van der Waals surface area (Å²) in [6, 6.07) is 3.62. The Kier molecular flexibility index (Phi) is 5.88. The molecule has 1 saturated heterocycles. The molecule has 0 unspecified atom stereocenters. The highest BCUT2D eigenvalue weighted by molar-refractivity contribution is 5.95. The molecule has 0 radical (unpaired) electrons. The van der Waals surface area contributed by atoms with Gasteiger partial charge in [0.1, 0.15) is 0 Å². The van der Waals surface area contributed by atoms with Crippen LogP contribution in [0, 0.1) is 13.8 Å². The van der Waals surface area contributed by atoms with Gasteiger partial charge in [-0.1, -0.05) is 0 Å². The van der Waals surface area contributed by atoms with Gasteiger partial charge >= 0.3 is 0 Å². The zero-order valence-electron chi connectivity index (χ0n) is 13.2. The predicted molar refractivity (Wildman–Crippen MR) is 81.9 cm³/mol. The van der Waals surface area contributed by atoms with Crippen molar-refractivity contribution < 1.29 is 19.4 Å². The van der Waals surface area contributed by atoms with Crippen molar-refractivity contribution in [1.82, 2.24) is 10.3 Å². The highest BCUT2D eigenvalue weighted by Crippen LogP contribution is 2.24. The number of aromatic nitrogens is 1. The number of carbonyl (C=O) groups excluding carboxylic acids is 1. The first-order valence-corrected chi connectivity index (χ1v) is 7.61. The second-order valence-electron chi connectivity index (χ2n) is 5.64. The molecule has 22 heavy (non-hydrogen) atoms. The molecular formula is C16H24N2O4. The third-order valence-electron chi connectivity index (χ3n) is 3.94. The van der Waals surface area contributed by atoms with Crippen LogP contribution in [0.25, 0.3) is 0 Å². The van der Waals surface area contributed by atoms with Gasteiger partial charge in [0, 0.05) is 38.3 Å². The van der Waals surface area contributed by atoms with Gasteiger partial charge in [0.25, 0.3) is 5.91 Å². The summed E-state index contributed by atoms with van der Waals surface area (Å²) in [4.78, 5) is 16.7. The lowest BCUT2D eigenvalue weighted by atomic mass is 9.93. The summed E-state index contributed by atoms with van der Waals surface area (Å²) in [6.07, 6.45) is 1.41. The summed E-state index contributed by atoms with van der Waals surface area (Å²) in [6.45, 7) is 5.57. The van der Waals surface area contributed by atoms with Crippen LogP contribution in [0.1, 0.15) is 34.6 Å². The zero-order chi connectivity index (χ0) is 16.0. The molecule has 2 heterocycles. The maximum Gasteiger partial charge on any atom is 0.253 e. The van der Waals surface area contributed by atoms with Crippen LogP contribution >= 0.6 is 0 Å². The quantitative estimate of drug-likeness (QED) is 0.819. The van der Waals surface area contributed by atoms with Crippen molar-refractivity contribution in [3.63, 3.8) is 0 Å². The monoisotopic (exact) mass is 308 g/mol. The SMILES string of the molecule is Cc1ccc(C(=O)NCC2(OCCO)CCOCC2)c(C)n1. The first kappa shape index (κ1) is 16.9. The van der Waals surface area contributed by atoms with E-state index in [0.29, 0.717) is 38.2 Å². The first-order valence-electron chi connectivity index (χ1n) is 7.61. The van der Waals surface area contributed by atoms with E-state index in [0.717, 1.165) is 11.4 Å². The van der Waals surface area contributed by atoms with Crippen molar-refractivity contribution in [2.24, 2.45) is 0 Å². The molecule has 0 aliphatic carbocycles. The molecule has 0 atom stereocenters. The standard InChI is InChI=1S/C16H24N2O4/c1-12-3-4-14(13(2)18-12)15(20)17-11-16(22-10-7-19)5-8-21-9-6-16/h3-4,19H,5-11H2,1-2H3,(H,17,20). The van der Waals surface area contributed by atoms with Crippen LogP contribution in [0.2, 0.25) is 0 Å². The molecule has 0 bridgehead atoms. The van der Waals surface area contributed by atoms with Crippen molar-refractivity contribution in [1.29, 1.82) is 0 Å². The molecule has 122 valence electrons. The van der Waals surface area contributed by atoms with Crippen molar-refractivity contribution >= 4 is 5.91 Å². The van der Waals surface area contributed by atoms with E-state index in [4.69, 9.17) is 14.6 Å². The number of carbonyl (C=O) groups is 1. The lowest BCUT2D eigenvalue weighted by molar-refractivity contribution is -0.114. The van der Waals surface area contributed by atoms with Crippen LogP contribution in [-0.4, -0.2) is 54.6 Å². The summed E-state index contributed by atoms with van der Waals surface area (Å²) in [7, 11) is 0. The van der Waals surface area contributed by atoms with Gasteiger partial charge in [-0.2, -0.15) is 0 Å². The molecular weight excluding hydrogens is 284 g/mol. The minimum absolute atomic E-state index is 0.0302. The Hall–Kier alpha value is -1.50. The van der Waals surface area contributed by atoms with Crippen LogP contribution in [-0.2, 0) is 9.47 Å². The molecule has 0 saturated carbocycles. The average Bonchev–Trinajstić information content (AvgIpc) is 2.52. The van der Waals surface area contributed by atoms with Crippen molar-refractivity contribution in [3.05, 3.63) is 29.1 Å². The fourth-order valence-corrected chi connectivity index (χ4v) is 2.64. The highest BCUT2D eigenvalue weighted by Gasteiger charge is 2.34. The Balaban J connectivity index is 2.00. The van der Waals surface area contributed by atoms with Crippen molar-refractivity contribution in [2.45, 2.75) is 32.3 Å². The number of ether oxygens (including phenoxy) is 2. The number of hydrogen-bond donors (Lipinski definition) is 2. The van der Waals surface area contributed by atoms with Crippen molar-refractivity contribution in [3.8, 4) is 0 Å². The summed E-state index contributed by atoms with van der Waals surface area (Å²) in [5.74, 6) is -0.150. The van der Waals surface area contributed by atoms with Crippen molar-refractivity contribution in [2.75, 3.05) is 33.0 Å². The Morgan fingerprint density at radius 2 is 2.14 bits per heavy atom. The third kappa shape index (κ3) is 4.25. The molecule has 1 aliphatic heterocycles. The van der Waals surface area contributed by atoms with Crippen LogP contribution in [0.15, 0.2) is 12.1 Å². The number of pyridine rings is 1. The normalized spacial score (nSPS) is 17.2. The van der Waals surface area contributed by atoms with Gasteiger partial charge < -0.3 is 19.9 Å². The third-order valence-corrected chi connectivity index (χ3v) is 3.94. The Labute approximate surface area is 130 Å². The predicted octanol–water partition coefficient (Wildman–Crippen LogP) is 0.986. The topological polar surface area (TPSA) is 80.7 Å². The molecule has 2 rings (SSSR count). The fourth-order valence-electron chi connectivity index (χ4n) is 2.64. The number of amides is 1. The number of nitrogens with zero attached hydrogens (tertiary/aromatic N) is 1. The van der Waals surface area contributed by atoms with E-state index in [1.165, 1.54) is 0 Å². The van der Waals surface area contributed by atoms with Crippen LogP contribution in [0.5, 0.6) is 0 Å². The van der Waals surface area contributed by atoms with Gasteiger partial charge in [-0.25, -0.2) is 0 Å². The summed E-state index contributed by atoms with van der Waals surface area (Å²) < 4.78 is 11.2. The molecule has 0 aromatic carbocycles. The molecule has 6 nitrogen and oxygen atoms in total. The molecule has 1 aliphatic rings. The fraction of sp³-hybridized carbons (Fsp3) is 0.625. The summed E-state index contributed by atoms with van der Waals surface area (Å²) >= 11 is 0. The van der Waals surface area contributed by atoms with Gasteiger partial charge in [0.05, 0.1) is 30.1 Å². The average molecular weight is 308 g/mol. The van der Waals surface area contributed by atoms with Gasteiger partial charge in [0.2, 0.25) is 0 Å². The molecule has 1 aromatic heterocycles. The molecule has 0 spiro atoms. The van der Waals surface area contributed by atoms with Crippen LogP contribution < -0.4 is 5.32 Å². The lowest BCUT2D eigenvalue weighted by Gasteiger charge is -2.37. The molecule has 6 heteroatoms. The van der Waals surface area contributed by atoms with E-state index in [2.05, 4.69) is 10.3 Å². The maximum atomic E-state index is 12.3. The number of nitrogens with one attached hydrogen (secondary N) is 1. The van der Waals surface area contributed by atoms with E-state index in [1.54, 1.807) is 6.07 Å². The molecule has 2 N–H and O–H groups in total. The minimum Gasteiger partial charge on any atom is -0.394 e. The van der Waals surface area contributed by atoms with E-state index in [9.17, 15) is 4.79 Å². The summed E-state index contributed by atoms with van der Waals surface area (Å²) in [5, 5.41) is 11.9. The van der Waals surface area contributed by atoms with Gasteiger partial charge in [0.15, 0.2) is 0 Å². The van der Waals surface area contributed by atoms with E-state index in [1.807, 2.05) is 19.9 Å². The number of rotatable bonds is 6. The molecule has 1 amide bonds. The number of aryl methyl sites for hydroxylation is 2. The zero-order valence-corrected chi connectivity index (χ0v) is 13.2. The van der Waals surface area contributed by atoms with E-state index >= 15 is 0 Å². The minimum atomic E-state index is -0.456. The second-order valence-corrected chi connectivity index (χ2v) is 5.64.